The van der Waals surface area contributed by atoms with E-state index in [4.69, 9.17) is 4.42 Å². The largest absolute Gasteiger partial charge is 0.464 e. The fourth-order valence-electron chi connectivity index (χ4n) is 1.90. The molecule has 1 N–H and O–H groups in total. The molecule has 2 aromatic rings. The van der Waals surface area contributed by atoms with Gasteiger partial charge < -0.3 is 14.4 Å². The smallest absolute Gasteiger partial charge is 0.123 e. The number of hydrogen-bond donors (Lipinski definition) is 1. The molecule has 1 unspecified atom stereocenters. The third-order valence-corrected chi connectivity index (χ3v) is 3.01. The molecule has 0 saturated heterocycles. The molecule has 1 aromatic heterocycles. The second-order valence-corrected chi connectivity index (χ2v) is 4.64. The summed E-state index contributed by atoms with van der Waals surface area (Å²) in [6, 6.07) is 11.9. The van der Waals surface area contributed by atoms with Gasteiger partial charge in [-0.2, -0.15) is 0 Å². The van der Waals surface area contributed by atoms with Crippen LogP contribution < -0.4 is 4.90 Å². The van der Waals surface area contributed by atoms with Crippen LogP contribution in [0.1, 0.15) is 30.1 Å². The van der Waals surface area contributed by atoms with E-state index in [0.29, 0.717) is 0 Å². The highest BCUT2D eigenvalue weighted by Gasteiger charge is 2.06. The van der Waals surface area contributed by atoms with Crippen LogP contribution in [-0.4, -0.2) is 12.2 Å². The second-order valence-electron chi connectivity index (χ2n) is 4.64. The molecule has 2 rings (SSSR count). The van der Waals surface area contributed by atoms with E-state index in [0.717, 1.165) is 29.3 Å². The molecular weight excluding hydrogens is 226 g/mol. The number of aliphatic hydroxyl groups excluding tert-OH is 1. The summed E-state index contributed by atoms with van der Waals surface area (Å²) >= 11 is 0. The molecule has 0 saturated carbocycles. The molecule has 0 amide bonds. The molecule has 3 nitrogen and oxygen atoms in total. The molecule has 0 aliphatic carbocycles. The normalized spacial score (nSPS) is 12.4. The van der Waals surface area contributed by atoms with Crippen LogP contribution in [0.3, 0.4) is 0 Å². The maximum Gasteiger partial charge on any atom is 0.123 e. The molecule has 1 aromatic carbocycles. The van der Waals surface area contributed by atoms with Gasteiger partial charge in [0, 0.05) is 12.7 Å². The minimum Gasteiger partial charge on any atom is -0.464 e. The van der Waals surface area contributed by atoms with E-state index in [1.807, 2.05) is 50.4 Å². The monoisotopic (exact) mass is 245 g/mol. The molecule has 0 radical (unpaired) electrons. The van der Waals surface area contributed by atoms with Crippen LogP contribution in [0.2, 0.25) is 0 Å². The van der Waals surface area contributed by atoms with Crippen LogP contribution in [0.4, 0.5) is 5.69 Å². The molecule has 96 valence electrons. The Bertz CT molecular complexity index is 499. The van der Waals surface area contributed by atoms with Gasteiger partial charge in [0.2, 0.25) is 0 Å². The summed E-state index contributed by atoms with van der Waals surface area (Å²) in [5.41, 5.74) is 2.04. The van der Waals surface area contributed by atoms with Crippen molar-refractivity contribution in [1.82, 2.24) is 0 Å². The van der Waals surface area contributed by atoms with Crippen molar-refractivity contribution in [3.8, 4) is 0 Å². The number of hydrogen-bond acceptors (Lipinski definition) is 3. The minimum absolute atomic E-state index is 0.419. The third kappa shape index (κ3) is 2.93. The molecular formula is C15H19NO2. The second kappa shape index (κ2) is 5.27. The first-order valence-electron chi connectivity index (χ1n) is 6.11. The lowest BCUT2D eigenvalue weighted by atomic mass is 10.1. The number of anilines is 1. The average molecular weight is 245 g/mol. The summed E-state index contributed by atoms with van der Waals surface area (Å²) in [6.07, 6.45) is -0.419. The van der Waals surface area contributed by atoms with Crippen molar-refractivity contribution in [2.45, 2.75) is 26.5 Å². The number of nitrogens with zero attached hydrogens (tertiary/aromatic N) is 1. The molecule has 0 spiro atoms. The first-order valence-corrected chi connectivity index (χ1v) is 6.11. The van der Waals surface area contributed by atoms with Gasteiger partial charge in [-0.15, -0.1) is 0 Å². The van der Waals surface area contributed by atoms with E-state index in [1.165, 1.54) is 0 Å². The Kier molecular flexibility index (Phi) is 3.72. The molecule has 0 aliphatic heterocycles. The summed E-state index contributed by atoms with van der Waals surface area (Å²) < 4.78 is 5.56. The Hall–Kier alpha value is -1.74. The van der Waals surface area contributed by atoms with Crippen LogP contribution in [0.15, 0.2) is 40.8 Å². The van der Waals surface area contributed by atoms with E-state index in [2.05, 4.69) is 4.90 Å². The summed E-state index contributed by atoms with van der Waals surface area (Å²) in [7, 11) is 2.02. The van der Waals surface area contributed by atoms with Crippen molar-refractivity contribution in [3.05, 3.63) is 53.5 Å². The number of rotatable bonds is 4. The third-order valence-electron chi connectivity index (χ3n) is 3.01. The number of aliphatic hydroxyl groups is 1. The van der Waals surface area contributed by atoms with E-state index in [9.17, 15) is 5.11 Å². The van der Waals surface area contributed by atoms with E-state index in [1.54, 1.807) is 6.92 Å². The van der Waals surface area contributed by atoms with E-state index in [-0.39, 0.29) is 0 Å². The lowest BCUT2D eigenvalue weighted by Crippen LogP contribution is -2.15. The quantitative estimate of drug-likeness (QED) is 0.898. The molecule has 3 heteroatoms. The first kappa shape index (κ1) is 12.7. The zero-order valence-electron chi connectivity index (χ0n) is 11.1. The SMILES string of the molecule is Cc1ccc(CN(C)c2ccc(C(C)O)cc2)o1. The van der Waals surface area contributed by atoms with Gasteiger partial charge in [0.05, 0.1) is 12.6 Å². The topological polar surface area (TPSA) is 36.6 Å². The van der Waals surface area contributed by atoms with E-state index >= 15 is 0 Å². The van der Waals surface area contributed by atoms with Gasteiger partial charge in [-0.1, -0.05) is 12.1 Å². The molecule has 0 fully saturated rings. The van der Waals surface area contributed by atoms with Crippen molar-refractivity contribution in [3.63, 3.8) is 0 Å². The Balaban J connectivity index is 2.06. The van der Waals surface area contributed by atoms with Crippen LogP contribution in [0.25, 0.3) is 0 Å². The maximum atomic E-state index is 9.46. The Morgan fingerprint density at radius 1 is 1.17 bits per heavy atom. The van der Waals surface area contributed by atoms with Gasteiger partial charge in [-0.25, -0.2) is 0 Å². The average Bonchev–Trinajstić information content (AvgIpc) is 2.75. The van der Waals surface area contributed by atoms with Crippen molar-refractivity contribution in [1.29, 1.82) is 0 Å². The maximum absolute atomic E-state index is 9.46. The zero-order chi connectivity index (χ0) is 13.1. The highest BCUT2D eigenvalue weighted by Crippen LogP contribution is 2.20. The van der Waals surface area contributed by atoms with Crippen LogP contribution in [-0.2, 0) is 6.54 Å². The number of furan rings is 1. The van der Waals surface area contributed by atoms with Crippen LogP contribution >= 0.6 is 0 Å². The minimum atomic E-state index is -0.419. The van der Waals surface area contributed by atoms with Gasteiger partial charge >= 0.3 is 0 Å². The van der Waals surface area contributed by atoms with Gasteiger partial charge in [-0.05, 0) is 43.7 Å². The van der Waals surface area contributed by atoms with Crippen molar-refractivity contribution in [2.24, 2.45) is 0 Å². The Morgan fingerprint density at radius 2 is 1.83 bits per heavy atom. The van der Waals surface area contributed by atoms with E-state index < -0.39 is 6.10 Å². The Labute approximate surface area is 108 Å². The fourth-order valence-corrected chi connectivity index (χ4v) is 1.90. The van der Waals surface area contributed by atoms with Gasteiger partial charge in [0.25, 0.3) is 0 Å². The van der Waals surface area contributed by atoms with Crippen molar-refractivity contribution < 1.29 is 9.52 Å². The summed E-state index contributed by atoms with van der Waals surface area (Å²) in [4.78, 5) is 2.12. The van der Waals surface area contributed by atoms with Crippen LogP contribution in [0, 0.1) is 6.92 Å². The predicted octanol–water partition coefficient (Wildman–Crippen LogP) is 3.28. The predicted molar refractivity (Wildman–Crippen MR) is 72.6 cm³/mol. The summed E-state index contributed by atoms with van der Waals surface area (Å²) in [5.74, 6) is 1.89. The summed E-state index contributed by atoms with van der Waals surface area (Å²) in [6.45, 7) is 4.45. The Morgan fingerprint density at radius 3 is 2.33 bits per heavy atom. The van der Waals surface area contributed by atoms with Crippen molar-refractivity contribution >= 4 is 5.69 Å². The molecule has 1 atom stereocenters. The lowest BCUT2D eigenvalue weighted by Gasteiger charge is -2.18. The van der Waals surface area contributed by atoms with Crippen molar-refractivity contribution in [2.75, 3.05) is 11.9 Å². The molecule has 1 heterocycles. The first-order chi connectivity index (χ1) is 8.56. The molecule has 0 aliphatic rings. The molecule has 18 heavy (non-hydrogen) atoms. The van der Waals surface area contributed by atoms with Crippen LogP contribution in [0.5, 0.6) is 0 Å². The van der Waals surface area contributed by atoms with Gasteiger partial charge in [-0.3, -0.25) is 0 Å². The number of aryl methyl sites for hydroxylation is 1. The van der Waals surface area contributed by atoms with Gasteiger partial charge in [0.1, 0.15) is 11.5 Å². The number of benzene rings is 1. The summed E-state index contributed by atoms with van der Waals surface area (Å²) in [5, 5.41) is 9.46. The highest BCUT2D eigenvalue weighted by molar-refractivity contribution is 5.47. The lowest BCUT2D eigenvalue weighted by molar-refractivity contribution is 0.199. The fraction of sp³-hybridized carbons (Fsp3) is 0.333. The van der Waals surface area contributed by atoms with Gasteiger partial charge in [0.15, 0.2) is 0 Å². The molecule has 0 bridgehead atoms. The standard InChI is InChI=1S/C15H19NO2/c1-11-4-9-15(18-11)10-16(3)14-7-5-13(6-8-14)12(2)17/h4-9,12,17H,10H2,1-3H3. The highest BCUT2D eigenvalue weighted by atomic mass is 16.3. The zero-order valence-corrected chi connectivity index (χ0v) is 11.1.